The summed E-state index contributed by atoms with van der Waals surface area (Å²) in [5.41, 5.74) is 1.50. The van der Waals surface area contributed by atoms with Crippen LogP contribution in [-0.4, -0.2) is 15.9 Å². The Morgan fingerprint density at radius 1 is 1.00 bits per heavy atom. The van der Waals surface area contributed by atoms with Gasteiger partial charge < -0.3 is 10.6 Å². The van der Waals surface area contributed by atoms with Crippen LogP contribution in [0.15, 0.2) is 67.0 Å². The number of carbonyl (C=O) groups excluding carboxylic acids is 1. The van der Waals surface area contributed by atoms with Crippen molar-refractivity contribution >= 4 is 17.4 Å². The highest BCUT2D eigenvalue weighted by atomic mass is 19.1. The van der Waals surface area contributed by atoms with Gasteiger partial charge in [0, 0.05) is 0 Å². The van der Waals surface area contributed by atoms with Crippen molar-refractivity contribution in [1.29, 1.82) is 0 Å². The van der Waals surface area contributed by atoms with Gasteiger partial charge in [-0.3, -0.25) is 4.79 Å². The number of hydrogen-bond acceptors (Lipinski definition) is 4. The molecule has 0 saturated heterocycles. The molecule has 0 saturated carbocycles. The summed E-state index contributed by atoms with van der Waals surface area (Å²) < 4.78 is 13.6. The summed E-state index contributed by atoms with van der Waals surface area (Å²) in [6.07, 6.45) is 2.75. The van der Waals surface area contributed by atoms with E-state index < -0.39 is 0 Å². The third-order valence-electron chi connectivity index (χ3n) is 3.67. The van der Waals surface area contributed by atoms with E-state index in [4.69, 9.17) is 0 Å². The van der Waals surface area contributed by atoms with Crippen molar-refractivity contribution in [3.05, 3.63) is 84.1 Å². The van der Waals surface area contributed by atoms with Gasteiger partial charge >= 0.3 is 0 Å². The minimum absolute atomic E-state index is 0.147. The number of aromatic nitrogens is 2. The predicted molar refractivity (Wildman–Crippen MR) is 94.0 cm³/mol. The Labute approximate surface area is 145 Å². The van der Waals surface area contributed by atoms with E-state index in [0.29, 0.717) is 11.5 Å². The molecule has 2 aromatic carbocycles. The third kappa shape index (κ3) is 4.17. The molecule has 0 fully saturated rings. The molecule has 0 aliphatic carbocycles. The van der Waals surface area contributed by atoms with Crippen molar-refractivity contribution in [2.45, 2.75) is 13.0 Å². The highest BCUT2D eigenvalue weighted by Crippen LogP contribution is 2.17. The minimum atomic E-state index is -0.386. The number of halogens is 1. The van der Waals surface area contributed by atoms with Crippen LogP contribution in [0, 0.1) is 5.82 Å². The van der Waals surface area contributed by atoms with Crippen LogP contribution in [-0.2, 0) is 0 Å². The van der Waals surface area contributed by atoms with Crippen molar-refractivity contribution in [3.63, 3.8) is 0 Å². The lowest BCUT2D eigenvalue weighted by Crippen LogP contribution is -2.27. The van der Waals surface area contributed by atoms with Gasteiger partial charge in [-0.15, -0.1) is 0 Å². The van der Waals surface area contributed by atoms with Crippen LogP contribution in [0.5, 0.6) is 0 Å². The maximum Gasteiger partial charge on any atom is 0.271 e. The molecule has 3 rings (SSSR count). The highest BCUT2D eigenvalue weighted by molar-refractivity contribution is 5.92. The molecule has 25 heavy (non-hydrogen) atoms. The van der Waals surface area contributed by atoms with Gasteiger partial charge in [0.2, 0.25) is 0 Å². The maximum atomic E-state index is 13.6. The van der Waals surface area contributed by atoms with Crippen molar-refractivity contribution in [2.24, 2.45) is 0 Å². The summed E-state index contributed by atoms with van der Waals surface area (Å²) in [4.78, 5) is 20.5. The normalized spacial score (nSPS) is 11.6. The predicted octanol–water partition coefficient (Wildman–Crippen LogP) is 3.85. The second-order valence-electron chi connectivity index (χ2n) is 5.50. The number of anilines is 2. The van der Waals surface area contributed by atoms with Crippen molar-refractivity contribution in [2.75, 3.05) is 5.32 Å². The molecule has 0 aliphatic heterocycles. The molecule has 1 amide bonds. The van der Waals surface area contributed by atoms with Crippen molar-refractivity contribution in [3.8, 4) is 0 Å². The highest BCUT2D eigenvalue weighted by Gasteiger charge is 2.13. The number of para-hydroxylation sites is 1. The fourth-order valence-electron chi connectivity index (χ4n) is 2.31. The van der Waals surface area contributed by atoms with E-state index in [1.54, 1.807) is 18.2 Å². The average molecular weight is 336 g/mol. The number of rotatable bonds is 5. The number of benzene rings is 2. The molecule has 1 unspecified atom stereocenters. The first kappa shape index (κ1) is 16.6. The van der Waals surface area contributed by atoms with Crippen molar-refractivity contribution < 1.29 is 9.18 Å². The molecule has 3 aromatic rings. The van der Waals surface area contributed by atoms with Gasteiger partial charge in [-0.25, -0.2) is 14.4 Å². The number of carbonyl (C=O) groups is 1. The van der Waals surface area contributed by atoms with Gasteiger partial charge in [-0.2, -0.15) is 0 Å². The quantitative estimate of drug-likeness (QED) is 0.743. The molecule has 0 radical (unpaired) electrons. The van der Waals surface area contributed by atoms with E-state index in [0.717, 1.165) is 5.56 Å². The molecule has 1 atom stereocenters. The Balaban J connectivity index is 1.65. The van der Waals surface area contributed by atoms with Gasteiger partial charge in [0.05, 0.1) is 24.1 Å². The molecule has 5 nitrogen and oxygen atoms in total. The zero-order valence-electron chi connectivity index (χ0n) is 13.6. The smallest absolute Gasteiger partial charge is 0.271 e. The Bertz CT molecular complexity index is 853. The summed E-state index contributed by atoms with van der Waals surface area (Å²) >= 11 is 0. The van der Waals surface area contributed by atoms with E-state index in [1.165, 1.54) is 18.5 Å². The van der Waals surface area contributed by atoms with Gasteiger partial charge in [-0.1, -0.05) is 42.5 Å². The van der Waals surface area contributed by atoms with Crippen LogP contribution in [0.4, 0.5) is 15.9 Å². The fourth-order valence-corrected chi connectivity index (χ4v) is 2.31. The van der Waals surface area contributed by atoms with Crippen molar-refractivity contribution in [1.82, 2.24) is 15.3 Å². The van der Waals surface area contributed by atoms with E-state index >= 15 is 0 Å². The molecule has 0 bridgehead atoms. The molecule has 0 spiro atoms. The molecule has 126 valence electrons. The second-order valence-corrected chi connectivity index (χ2v) is 5.50. The first-order valence-electron chi connectivity index (χ1n) is 7.83. The van der Waals surface area contributed by atoms with Crippen LogP contribution in [0.25, 0.3) is 0 Å². The third-order valence-corrected chi connectivity index (χ3v) is 3.67. The summed E-state index contributed by atoms with van der Waals surface area (Å²) in [5, 5.41) is 5.69. The van der Waals surface area contributed by atoms with Gasteiger partial charge in [0.1, 0.15) is 17.3 Å². The lowest BCUT2D eigenvalue weighted by atomic mass is 10.1. The minimum Gasteiger partial charge on any atom is -0.344 e. The average Bonchev–Trinajstić information content (AvgIpc) is 2.65. The summed E-state index contributed by atoms with van der Waals surface area (Å²) in [6, 6.07) is 15.8. The SMILES string of the molecule is CC(NC(=O)c1cnc(Nc2ccccc2F)cn1)c1ccccc1. The zero-order valence-corrected chi connectivity index (χ0v) is 13.6. The van der Waals surface area contributed by atoms with E-state index in [1.807, 2.05) is 37.3 Å². The molecule has 0 aliphatic rings. The van der Waals surface area contributed by atoms with Gasteiger partial charge in [-0.05, 0) is 24.6 Å². The van der Waals surface area contributed by atoms with Crippen LogP contribution >= 0.6 is 0 Å². The summed E-state index contributed by atoms with van der Waals surface area (Å²) in [6.45, 7) is 1.90. The number of nitrogens with one attached hydrogen (secondary N) is 2. The second kappa shape index (κ2) is 7.53. The topological polar surface area (TPSA) is 66.9 Å². The molecular formula is C19H17FN4O. The molecule has 1 heterocycles. The lowest BCUT2D eigenvalue weighted by Gasteiger charge is -2.14. The largest absolute Gasteiger partial charge is 0.344 e. The molecular weight excluding hydrogens is 319 g/mol. The van der Waals surface area contributed by atoms with Crippen LogP contribution < -0.4 is 10.6 Å². The van der Waals surface area contributed by atoms with Crippen LogP contribution in [0.1, 0.15) is 29.0 Å². The van der Waals surface area contributed by atoms with E-state index in [-0.39, 0.29) is 23.5 Å². The number of hydrogen-bond donors (Lipinski definition) is 2. The first-order chi connectivity index (χ1) is 12.1. The Morgan fingerprint density at radius 2 is 1.72 bits per heavy atom. The van der Waals surface area contributed by atoms with Gasteiger partial charge in [0.15, 0.2) is 0 Å². The maximum absolute atomic E-state index is 13.6. The van der Waals surface area contributed by atoms with Gasteiger partial charge in [0.25, 0.3) is 5.91 Å². The molecule has 6 heteroatoms. The Hall–Kier alpha value is -3.28. The zero-order chi connectivity index (χ0) is 17.6. The monoisotopic (exact) mass is 336 g/mol. The summed E-state index contributed by atoms with van der Waals surface area (Å²) in [7, 11) is 0. The van der Waals surface area contributed by atoms with E-state index in [9.17, 15) is 9.18 Å². The lowest BCUT2D eigenvalue weighted by molar-refractivity contribution is 0.0934. The van der Waals surface area contributed by atoms with Crippen LogP contribution in [0.2, 0.25) is 0 Å². The standard InChI is InChI=1S/C19H17FN4O/c1-13(14-7-3-2-4-8-14)23-19(25)17-11-22-18(12-21-17)24-16-10-6-5-9-15(16)20/h2-13H,1H3,(H,22,24)(H,23,25). The van der Waals surface area contributed by atoms with E-state index in [2.05, 4.69) is 20.6 Å². The fraction of sp³-hybridized carbons (Fsp3) is 0.105. The Morgan fingerprint density at radius 3 is 2.40 bits per heavy atom. The number of nitrogens with zero attached hydrogens (tertiary/aromatic N) is 2. The first-order valence-corrected chi connectivity index (χ1v) is 7.83. The number of amides is 1. The Kier molecular flexibility index (Phi) is 4.99. The molecule has 1 aromatic heterocycles. The molecule has 2 N–H and O–H groups in total. The van der Waals surface area contributed by atoms with Crippen LogP contribution in [0.3, 0.4) is 0 Å². The summed E-state index contributed by atoms with van der Waals surface area (Å²) in [5.74, 6) is -0.346.